The molecule has 0 radical (unpaired) electrons. The van der Waals surface area contributed by atoms with Gasteiger partial charge in [0.15, 0.2) is 0 Å². The van der Waals surface area contributed by atoms with Crippen molar-refractivity contribution >= 4 is 17.2 Å². The number of hydrogen-bond donors (Lipinski definition) is 1. The average molecular weight is 301 g/mol. The van der Waals surface area contributed by atoms with Crippen LogP contribution in [0.5, 0.6) is 0 Å². The molecule has 1 aliphatic carbocycles. The Hall–Kier alpha value is -1.39. The molecule has 112 valence electrons. The normalized spacial score (nSPS) is 15.9. The maximum atomic E-state index is 4.63. The van der Waals surface area contributed by atoms with Crippen LogP contribution in [-0.4, -0.2) is 17.6 Å². The lowest BCUT2D eigenvalue weighted by Crippen LogP contribution is -2.26. The Morgan fingerprint density at radius 2 is 2.29 bits per heavy atom. The van der Waals surface area contributed by atoms with Crippen LogP contribution in [0, 0.1) is 0 Å². The molecule has 1 N–H and O–H groups in total. The number of hydrogen-bond acceptors (Lipinski definition) is 4. The molecule has 0 amide bonds. The van der Waals surface area contributed by atoms with Crippen LogP contribution in [0.15, 0.2) is 35.8 Å². The van der Waals surface area contributed by atoms with Gasteiger partial charge in [0.25, 0.3) is 0 Å². The molecule has 0 aromatic carbocycles. The molecular formula is C17H23N3S. The van der Waals surface area contributed by atoms with Gasteiger partial charge in [-0.1, -0.05) is 13.0 Å². The van der Waals surface area contributed by atoms with Gasteiger partial charge in [0, 0.05) is 23.2 Å². The first-order chi connectivity index (χ1) is 10.3. The van der Waals surface area contributed by atoms with Crippen molar-refractivity contribution in [2.24, 2.45) is 0 Å². The van der Waals surface area contributed by atoms with E-state index in [1.807, 2.05) is 17.5 Å². The minimum Gasteiger partial charge on any atom is -0.348 e. The van der Waals surface area contributed by atoms with Crippen molar-refractivity contribution in [1.82, 2.24) is 10.3 Å². The maximum absolute atomic E-state index is 4.63. The van der Waals surface area contributed by atoms with Crippen molar-refractivity contribution < 1.29 is 0 Å². The zero-order valence-electron chi connectivity index (χ0n) is 12.7. The van der Waals surface area contributed by atoms with Crippen molar-refractivity contribution in [1.29, 1.82) is 0 Å². The largest absolute Gasteiger partial charge is 0.348 e. The molecule has 3 nitrogen and oxygen atoms in total. The zero-order chi connectivity index (χ0) is 14.7. The summed E-state index contributed by atoms with van der Waals surface area (Å²) in [6, 6.07) is 9.75. The molecule has 1 atom stereocenters. The number of rotatable bonds is 7. The fourth-order valence-electron chi connectivity index (χ4n) is 2.64. The molecule has 0 saturated heterocycles. The summed E-state index contributed by atoms with van der Waals surface area (Å²) in [4.78, 5) is 8.50. The number of pyridine rings is 1. The van der Waals surface area contributed by atoms with Crippen LogP contribution in [0.1, 0.15) is 43.2 Å². The number of anilines is 1. The second-order valence-corrected chi connectivity index (χ2v) is 6.70. The first kappa shape index (κ1) is 14.5. The molecule has 3 rings (SSSR count). The maximum Gasteiger partial charge on any atom is 0.129 e. The van der Waals surface area contributed by atoms with E-state index in [1.54, 1.807) is 0 Å². The first-order valence-corrected chi connectivity index (χ1v) is 8.64. The Kier molecular flexibility index (Phi) is 4.56. The van der Waals surface area contributed by atoms with Gasteiger partial charge in [-0.25, -0.2) is 4.98 Å². The molecule has 1 unspecified atom stereocenters. The standard InChI is InChI=1S/C17H23N3S/c1-3-18-13(2)14-8-9-19-17(11-14)20(15-6-7-15)12-16-5-4-10-21-16/h4-5,8-11,13,15,18H,3,6-7,12H2,1-2H3. The molecule has 0 spiro atoms. The van der Waals surface area contributed by atoms with Crippen LogP contribution in [0.4, 0.5) is 5.82 Å². The molecule has 1 aliphatic rings. The molecule has 0 bridgehead atoms. The number of thiophene rings is 1. The van der Waals surface area contributed by atoms with Crippen molar-refractivity contribution in [2.45, 2.75) is 45.3 Å². The SMILES string of the molecule is CCNC(C)c1ccnc(N(Cc2cccs2)C2CC2)c1. The Labute approximate surface area is 131 Å². The summed E-state index contributed by atoms with van der Waals surface area (Å²) < 4.78 is 0. The van der Waals surface area contributed by atoms with Crippen LogP contribution in [0.3, 0.4) is 0 Å². The highest BCUT2D eigenvalue weighted by Crippen LogP contribution is 2.33. The Morgan fingerprint density at radius 3 is 2.95 bits per heavy atom. The monoisotopic (exact) mass is 301 g/mol. The lowest BCUT2D eigenvalue weighted by atomic mass is 10.1. The number of aromatic nitrogens is 1. The average Bonchev–Trinajstić information content (AvgIpc) is 3.21. The van der Waals surface area contributed by atoms with E-state index in [-0.39, 0.29) is 0 Å². The van der Waals surface area contributed by atoms with E-state index in [9.17, 15) is 0 Å². The third-order valence-corrected chi connectivity index (χ3v) is 4.83. The smallest absolute Gasteiger partial charge is 0.129 e. The highest BCUT2D eigenvalue weighted by atomic mass is 32.1. The minimum absolute atomic E-state index is 0.375. The van der Waals surface area contributed by atoms with Gasteiger partial charge in [-0.2, -0.15) is 0 Å². The van der Waals surface area contributed by atoms with Gasteiger partial charge in [0.1, 0.15) is 5.82 Å². The van der Waals surface area contributed by atoms with Crippen LogP contribution in [-0.2, 0) is 6.54 Å². The highest BCUT2D eigenvalue weighted by Gasteiger charge is 2.30. The second kappa shape index (κ2) is 6.58. The summed E-state index contributed by atoms with van der Waals surface area (Å²) in [6.45, 7) is 6.32. The Balaban J connectivity index is 1.80. The molecule has 2 heterocycles. The third kappa shape index (κ3) is 3.63. The lowest BCUT2D eigenvalue weighted by molar-refractivity contribution is 0.597. The van der Waals surface area contributed by atoms with Gasteiger partial charge in [0.2, 0.25) is 0 Å². The lowest BCUT2D eigenvalue weighted by Gasteiger charge is -2.24. The van der Waals surface area contributed by atoms with Crippen LogP contribution < -0.4 is 10.2 Å². The van der Waals surface area contributed by atoms with E-state index < -0.39 is 0 Å². The Bertz CT molecular complexity index is 563. The highest BCUT2D eigenvalue weighted by molar-refractivity contribution is 7.09. The minimum atomic E-state index is 0.375. The topological polar surface area (TPSA) is 28.2 Å². The van der Waals surface area contributed by atoms with Crippen LogP contribution >= 0.6 is 11.3 Å². The van der Waals surface area contributed by atoms with Gasteiger partial charge in [-0.3, -0.25) is 0 Å². The molecule has 4 heteroatoms. The van der Waals surface area contributed by atoms with Gasteiger partial charge < -0.3 is 10.2 Å². The molecule has 1 saturated carbocycles. The summed E-state index contributed by atoms with van der Waals surface area (Å²) in [5.74, 6) is 1.12. The van der Waals surface area contributed by atoms with E-state index in [1.165, 1.54) is 23.3 Å². The number of nitrogens with zero attached hydrogens (tertiary/aromatic N) is 2. The van der Waals surface area contributed by atoms with Gasteiger partial charge in [0.05, 0.1) is 6.54 Å². The van der Waals surface area contributed by atoms with E-state index in [0.29, 0.717) is 12.1 Å². The van der Waals surface area contributed by atoms with Crippen molar-refractivity contribution in [3.8, 4) is 0 Å². The van der Waals surface area contributed by atoms with Crippen molar-refractivity contribution in [3.63, 3.8) is 0 Å². The fraction of sp³-hybridized carbons (Fsp3) is 0.471. The fourth-order valence-corrected chi connectivity index (χ4v) is 3.34. The number of nitrogens with one attached hydrogen (secondary N) is 1. The van der Waals surface area contributed by atoms with Gasteiger partial charge in [-0.05, 0) is 55.5 Å². The molecule has 2 aromatic heterocycles. The summed E-state index contributed by atoms with van der Waals surface area (Å²) in [5, 5.41) is 5.62. The van der Waals surface area contributed by atoms with Gasteiger partial charge >= 0.3 is 0 Å². The second-order valence-electron chi connectivity index (χ2n) is 5.67. The molecule has 0 aliphatic heterocycles. The zero-order valence-corrected chi connectivity index (χ0v) is 13.6. The first-order valence-electron chi connectivity index (χ1n) is 7.76. The van der Waals surface area contributed by atoms with E-state index in [4.69, 9.17) is 0 Å². The Morgan fingerprint density at radius 1 is 1.43 bits per heavy atom. The van der Waals surface area contributed by atoms with E-state index in [0.717, 1.165) is 18.9 Å². The molecular weight excluding hydrogens is 278 g/mol. The predicted molar refractivity (Wildman–Crippen MR) is 89.9 cm³/mol. The molecule has 1 fully saturated rings. The van der Waals surface area contributed by atoms with Crippen LogP contribution in [0.2, 0.25) is 0 Å². The summed E-state index contributed by atoms with van der Waals surface area (Å²) in [7, 11) is 0. The van der Waals surface area contributed by atoms with Crippen LogP contribution in [0.25, 0.3) is 0 Å². The molecule has 2 aromatic rings. The van der Waals surface area contributed by atoms with E-state index in [2.05, 4.69) is 58.7 Å². The quantitative estimate of drug-likeness (QED) is 0.838. The third-order valence-electron chi connectivity index (χ3n) is 3.97. The molecule has 21 heavy (non-hydrogen) atoms. The summed E-state index contributed by atoms with van der Waals surface area (Å²) >= 11 is 1.83. The van der Waals surface area contributed by atoms with Crippen molar-refractivity contribution in [3.05, 3.63) is 46.3 Å². The summed E-state index contributed by atoms with van der Waals surface area (Å²) in [5.41, 5.74) is 1.32. The van der Waals surface area contributed by atoms with Crippen molar-refractivity contribution in [2.75, 3.05) is 11.4 Å². The van der Waals surface area contributed by atoms with Gasteiger partial charge in [-0.15, -0.1) is 11.3 Å². The summed E-state index contributed by atoms with van der Waals surface area (Å²) in [6.07, 6.45) is 4.53. The van der Waals surface area contributed by atoms with E-state index >= 15 is 0 Å². The predicted octanol–water partition coefficient (Wildman–Crippen LogP) is 3.98.